The van der Waals surface area contributed by atoms with E-state index in [0.29, 0.717) is 5.56 Å². The number of anilines is 2. The molecule has 0 aliphatic carbocycles. The summed E-state index contributed by atoms with van der Waals surface area (Å²) in [4.78, 5) is 12.3. The van der Waals surface area contributed by atoms with Crippen LogP contribution in [0.15, 0.2) is 35.7 Å². The Morgan fingerprint density at radius 3 is 2.65 bits per heavy atom. The molecule has 3 heterocycles. The van der Waals surface area contributed by atoms with E-state index in [4.69, 9.17) is 15.7 Å². The third-order valence-electron chi connectivity index (χ3n) is 4.81. The molecule has 0 amide bonds. The number of ether oxygens (including phenoxy) is 1. The smallest absolute Gasteiger partial charge is 0.228 e. The quantitative estimate of drug-likeness (QED) is 0.165. The molecule has 1 saturated heterocycles. The zero-order valence-electron chi connectivity index (χ0n) is 15.9. The molecule has 0 bridgehead atoms. The number of aliphatic hydroxyl groups is 3. The van der Waals surface area contributed by atoms with Crippen molar-refractivity contribution in [2.24, 2.45) is 5.10 Å². The van der Waals surface area contributed by atoms with Crippen LogP contribution in [-0.2, 0) is 4.74 Å². The predicted molar refractivity (Wildman–Crippen MR) is 106 cm³/mol. The number of nitrogens with zero attached hydrogens (tertiary/aromatic N) is 5. The minimum Gasteiger partial charge on any atom is -0.595 e. The summed E-state index contributed by atoms with van der Waals surface area (Å²) >= 11 is 0. The first kappa shape index (κ1) is 21.0. The molecule has 1 aliphatic rings. The van der Waals surface area contributed by atoms with Crippen molar-refractivity contribution in [1.82, 2.24) is 19.5 Å². The van der Waals surface area contributed by atoms with Crippen molar-refractivity contribution in [2.45, 2.75) is 24.5 Å². The van der Waals surface area contributed by atoms with Crippen molar-refractivity contribution in [3.8, 4) is 0 Å². The van der Waals surface area contributed by atoms with E-state index in [2.05, 4.69) is 25.5 Å². The number of hydrogen-bond donors (Lipinski definition) is 7. The highest BCUT2D eigenvalue weighted by atomic mass is 16.8. The lowest BCUT2D eigenvalue weighted by atomic mass is 10.1. The third kappa shape index (κ3) is 3.91. The second kappa shape index (κ2) is 8.48. The fourth-order valence-corrected chi connectivity index (χ4v) is 3.22. The molecule has 164 valence electrons. The van der Waals surface area contributed by atoms with Gasteiger partial charge >= 0.3 is 0 Å². The van der Waals surface area contributed by atoms with Gasteiger partial charge in [-0.05, 0) is 17.7 Å². The van der Waals surface area contributed by atoms with Crippen molar-refractivity contribution in [3.05, 3.63) is 41.4 Å². The van der Waals surface area contributed by atoms with E-state index in [9.17, 15) is 20.5 Å². The number of nitrogens with two attached hydrogens (primary N) is 1. The van der Waals surface area contributed by atoms with Gasteiger partial charge in [-0.2, -0.15) is 10.3 Å². The maximum absolute atomic E-state index is 10.9. The predicted octanol–water partition coefficient (Wildman–Crippen LogP) is -2.13. The molecule has 14 heteroatoms. The van der Waals surface area contributed by atoms with Gasteiger partial charge in [0.1, 0.15) is 24.6 Å². The Labute approximate surface area is 174 Å². The van der Waals surface area contributed by atoms with Crippen LogP contribution >= 0.6 is 0 Å². The summed E-state index contributed by atoms with van der Waals surface area (Å²) in [6.45, 7) is -0.494. The van der Waals surface area contributed by atoms with Crippen LogP contribution in [0.5, 0.6) is 0 Å². The van der Waals surface area contributed by atoms with Gasteiger partial charge in [0.05, 0.1) is 12.8 Å². The van der Waals surface area contributed by atoms with E-state index in [1.165, 1.54) is 29.2 Å². The van der Waals surface area contributed by atoms with Crippen LogP contribution in [0, 0.1) is 5.21 Å². The second-order valence-corrected chi connectivity index (χ2v) is 6.76. The van der Waals surface area contributed by atoms with Crippen molar-refractivity contribution in [1.29, 1.82) is 0 Å². The zero-order valence-corrected chi connectivity index (χ0v) is 15.9. The molecule has 1 aliphatic heterocycles. The van der Waals surface area contributed by atoms with Gasteiger partial charge in [0.2, 0.25) is 5.95 Å². The largest absolute Gasteiger partial charge is 0.595 e. The molecule has 1 fully saturated rings. The molecule has 0 saturated carbocycles. The highest BCUT2D eigenvalue weighted by Crippen LogP contribution is 2.35. The molecular formula is C17H20N8O6. The van der Waals surface area contributed by atoms with Gasteiger partial charge in [-0.25, -0.2) is 25.6 Å². The van der Waals surface area contributed by atoms with Gasteiger partial charge in [-0.1, -0.05) is 0 Å². The number of quaternary nitrogens is 1. The van der Waals surface area contributed by atoms with E-state index in [1.807, 2.05) is 0 Å². The zero-order chi connectivity index (χ0) is 22.1. The van der Waals surface area contributed by atoms with E-state index in [1.54, 1.807) is 12.1 Å². The number of nitrogens with one attached hydrogen (secondary N) is 2. The molecule has 14 nitrogen and oxygen atoms in total. The SMILES string of the molecule is Nc1ncnc2c1nc(NN=Cc1ccc([NH+]([O-])O)cc1)n2[C@@H]1O[C@@H](CO)[C@@H](O)[C@@H]1O. The molecule has 3 aromatic rings. The van der Waals surface area contributed by atoms with Crippen LogP contribution in [0.4, 0.5) is 17.5 Å². The molecule has 1 aromatic carbocycles. The first-order valence-electron chi connectivity index (χ1n) is 9.14. The molecule has 5 atom stereocenters. The molecule has 4 rings (SSSR count). The average molecular weight is 432 g/mol. The fraction of sp³-hybridized carbons (Fsp3) is 0.294. The summed E-state index contributed by atoms with van der Waals surface area (Å²) in [5.74, 6) is 0.183. The summed E-state index contributed by atoms with van der Waals surface area (Å²) in [5.41, 5.74) is 9.80. The second-order valence-electron chi connectivity index (χ2n) is 6.76. The highest BCUT2D eigenvalue weighted by molar-refractivity contribution is 5.84. The number of hydrogen-bond acceptors (Lipinski definition) is 12. The van der Waals surface area contributed by atoms with Crippen LogP contribution in [-0.4, -0.2) is 71.2 Å². The Balaban J connectivity index is 1.66. The van der Waals surface area contributed by atoms with Gasteiger partial charge in [-0.15, -0.1) is 0 Å². The van der Waals surface area contributed by atoms with E-state index < -0.39 is 36.4 Å². The maximum Gasteiger partial charge on any atom is 0.228 e. The lowest BCUT2D eigenvalue weighted by Gasteiger charge is -2.18. The first-order valence-corrected chi connectivity index (χ1v) is 9.14. The Morgan fingerprint density at radius 2 is 2.00 bits per heavy atom. The summed E-state index contributed by atoms with van der Waals surface area (Å²) in [5, 5.41) is 52.9. The average Bonchev–Trinajstić information content (AvgIpc) is 3.26. The first-order chi connectivity index (χ1) is 14.9. The molecule has 0 spiro atoms. The maximum atomic E-state index is 10.9. The summed E-state index contributed by atoms with van der Waals surface area (Å²) in [7, 11) is 0. The van der Waals surface area contributed by atoms with Crippen LogP contribution in [0.3, 0.4) is 0 Å². The molecule has 2 aromatic heterocycles. The van der Waals surface area contributed by atoms with Crippen LogP contribution in [0.25, 0.3) is 11.2 Å². The van der Waals surface area contributed by atoms with Crippen molar-refractivity contribution in [3.63, 3.8) is 0 Å². The highest BCUT2D eigenvalue weighted by Gasteiger charge is 2.45. The summed E-state index contributed by atoms with van der Waals surface area (Å²) in [6, 6.07) is 6.03. The lowest BCUT2D eigenvalue weighted by Crippen LogP contribution is -2.99. The topological polar surface area (TPSA) is 212 Å². The number of aliphatic hydroxyl groups excluding tert-OH is 3. The van der Waals surface area contributed by atoms with Gasteiger partial charge in [0.25, 0.3) is 0 Å². The fourth-order valence-electron chi connectivity index (χ4n) is 3.22. The third-order valence-corrected chi connectivity index (χ3v) is 4.81. The molecule has 31 heavy (non-hydrogen) atoms. The number of aromatic nitrogens is 4. The number of benzene rings is 1. The van der Waals surface area contributed by atoms with Crippen molar-refractivity contribution < 1.29 is 30.5 Å². The lowest BCUT2D eigenvalue weighted by molar-refractivity contribution is -0.991. The standard InChI is InChI=1S/C17H20N8O6/c18-14-11-15(20-7-19-14)24(16-13(28)12(27)10(6-26)31-16)17(22-11)23-21-5-8-1-3-9(4-2-8)25(29)30/h1-5,7,10,12-13,16,25-29H,6H2,(H,22,23)(H2,18,19,20)/t10-,12+,13-,16+/m0/s1. The van der Waals surface area contributed by atoms with E-state index >= 15 is 0 Å². The van der Waals surface area contributed by atoms with Gasteiger partial charge in [-0.3, -0.25) is 4.57 Å². The van der Waals surface area contributed by atoms with E-state index in [0.717, 1.165) is 0 Å². The van der Waals surface area contributed by atoms with Gasteiger partial charge in [0, 0.05) is 12.1 Å². The summed E-state index contributed by atoms with van der Waals surface area (Å²) in [6.07, 6.45) is -2.18. The minimum atomic E-state index is -1.38. The molecule has 8 N–H and O–H groups in total. The molecule has 0 radical (unpaired) electrons. The van der Waals surface area contributed by atoms with Crippen LogP contribution < -0.4 is 16.4 Å². The number of imidazole rings is 1. The van der Waals surface area contributed by atoms with Crippen molar-refractivity contribution >= 4 is 34.8 Å². The normalized spacial score (nSPS) is 24.8. The minimum absolute atomic E-state index is 0.0896. The number of nitrogen functional groups attached to an aromatic ring is 1. The van der Waals surface area contributed by atoms with Crippen molar-refractivity contribution in [2.75, 3.05) is 17.8 Å². The Hall–Kier alpha value is -3.24. The van der Waals surface area contributed by atoms with Crippen LogP contribution in [0.2, 0.25) is 0 Å². The monoisotopic (exact) mass is 432 g/mol. The van der Waals surface area contributed by atoms with E-state index in [-0.39, 0.29) is 28.6 Å². The Morgan fingerprint density at radius 1 is 1.26 bits per heavy atom. The van der Waals surface area contributed by atoms with Gasteiger partial charge in [0.15, 0.2) is 28.9 Å². The number of hydrazone groups is 1. The molecule has 1 unspecified atom stereocenters. The summed E-state index contributed by atoms with van der Waals surface area (Å²) < 4.78 is 6.96. The molecular weight excluding hydrogens is 412 g/mol. The Bertz CT molecular complexity index is 1090. The van der Waals surface area contributed by atoms with Crippen LogP contribution in [0.1, 0.15) is 11.8 Å². The number of fused-ring (bicyclic) bond motifs is 1. The van der Waals surface area contributed by atoms with Gasteiger partial charge < -0.3 is 31.0 Å². The Kier molecular flexibility index (Phi) is 5.75. The number of rotatable bonds is 6.